The maximum absolute atomic E-state index is 11.4. The van der Waals surface area contributed by atoms with Crippen LogP contribution in [-0.2, 0) is 4.79 Å². The summed E-state index contributed by atoms with van der Waals surface area (Å²) in [6, 6.07) is 0. The molecule has 1 aliphatic carbocycles. The third kappa shape index (κ3) is 2.80. The summed E-state index contributed by atoms with van der Waals surface area (Å²) >= 11 is 0. The summed E-state index contributed by atoms with van der Waals surface area (Å²) in [5.41, 5.74) is 1.46. The van der Waals surface area contributed by atoms with E-state index in [1.165, 1.54) is 18.4 Å². The number of ketones is 1. The van der Waals surface area contributed by atoms with Gasteiger partial charge in [-0.15, -0.1) is 0 Å². The van der Waals surface area contributed by atoms with E-state index in [9.17, 15) is 4.79 Å². The molecule has 1 rings (SSSR count). The molecule has 0 fully saturated rings. The number of carbonyl (C=O) groups is 1. The van der Waals surface area contributed by atoms with Crippen molar-refractivity contribution in [1.29, 1.82) is 0 Å². The van der Waals surface area contributed by atoms with Crippen LogP contribution in [0.4, 0.5) is 0 Å². The largest absolute Gasteiger partial charge is 0.295 e. The summed E-state index contributed by atoms with van der Waals surface area (Å²) in [6.07, 6.45) is 6.02. The molecule has 0 spiro atoms. The van der Waals surface area contributed by atoms with Crippen LogP contribution in [0, 0.1) is 5.41 Å². The van der Waals surface area contributed by atoms with Gasteiger partial charge in [-0.05, 0) is 37.7 Å². The minimum atomic E-state index is 0.217. The van der Waals surface area contributed by atoms with Crippen LogP contribution in [0.25, 0.3) is 0 Å². The molecule has 0 saturated carbocycles. The molecule has 12 heavy (non-hydrogen) atoms. The second-order valence-electron chi connectivity index (χ2n) is 4.65. The van der Waals surface area contributed by atoms with Gasteiger partial charge in [0.2, 0.25) is 0 Å². The van der Waals surface area contributed by atoms with Gasteiger partial charge in [0.05, 0.1) is 0 Å². The van der Waals surface area contributed by atoms with E-state index in [-0.39, 0.29) is 5.41 Å². The predicted molar refractivity (Wildman–Crippen MR) is 51.0 cm³/mol. The molecule has 0 N–H and O–H groups in total. The quantitative estimate of drug-likeness (QED) is 0.540. The van der Waals surface area contributed by atoms with Crippen LogP contribution in [0.15, 0.2) is 11.6 Å². The molecule has 0 atom stereocenters. The predicted octanol–water partition coefficient (Wildman–Crippen LogP) is 3.10. The molecule has 1 nitrogen and oxygen atoms in total. The van der Waals surface area contributed by atoms with Gasteiger partial charge in [-0.2, -0.15) is 0 Å². The summed E-state index contributed by atoms with van der Waals surface area (Å²) in [6.45, 7) is 6.41. The topological polar surface area (TPSA) is 17.1 Å². The Kier molecular flexibility index (Phi) is 2.71. The van der Waals surface area contributed by atoms with Crippen LogP contribution in [0.3, 0.4) is 0 Å². The zero-order valence-electron chi connectivity index (χ0n) is 8.31. The van der Waals surface area contributed by atoms with E-state index in [4.69, 9.17) is 0 Å². The van der Waals surface area contributed by atoms with E-state index in [1.54, 1.807) is 0 Å². The van der Waals surface area contributed by atoms with Crippen LogP contribution in [0.1, 0.15) is 46.5 Å². The lowest BCUT2D eigenvalue weighted by molar-refractivity contribution is -0.116. The average molecular weight is 166 g/mol. The molecule has 0 saturated heterocycles. The molecule has 1 aliphatic rings. The Morgan fingerprint density at radius 3 is 2.75 bits per heavy atom. The highest BCUT2D eigenvalue weighted by molar-refractivity contribution is 5.90. The normalized spacial score (nSPS) is 24.2. The van der Waals surface area contributed by atoms with Crippen molar-refractivity contribution in [3.8, 4) is 0 Å². The van der Waals surface area contributed by atoms with Crippen molar-refractivity contribution in [2.24, 2.45) is 5.41 Å². The minimum Gasteiger partial charge on any atom is -0.295 e. The lowest BCUT2D eigenvalue weighted by Gasteiger charge is -2.24. The molecular weight excluding hydrogens is 148 g/mol. The standard InChI is InChI=1S/C11H18O/c1-9-5-4-6-11(2,3)8-10(12)7-9/h7H,4-6,8H2,1-3H3. The highest BCUT2D eigenvalue weighted by atomic mass is 16.1. The number of hydrogen-bond acceptors (Lipinski definition) is 1. The third-order valence-corrected chi connectivity index (χ3v) is 2.48. The fourth-order valence-corrected chi connectivity index (χ4v) is 1.80. The maximum atomic E-state index is 11.4. The lowest BCUT2D eigenvalue weighted by atomic mass is 9.80. The first-order valence-corrected chi connectivity index (χ1v) is 4.70. The molecule has 0 bridgehead atoms. The van der Waals surface area contributed by atoms with Gasteiger partial charge in [-0.25, -0.2) is 0 Å². The summed E-state index contributed by atoms with van der Waals surface area (Å²) in [7, 11) is 0. The average Bonchev–Trinajstić information content (AvgIpc) is 1.81. The summed E-state index contributed by atoms with van der Waals surface area (Å²) in [5.74, 6) is 0.303. The summed E-state index contributed by atoms with van der Waals surface area (Å²) in [5, 5.41) is 0. The van der Waals surface area contributed by atoms with Crippen LogP contribution >= 0.6 is 0 Å². The van der Waals surface area contributed by atoms with Crippen LogP contribution in [-0.4, -0.2) is 5.78 Å². The number of rotatable bonds is 0. The van der Waals surface area contributed by atoms with Crippen LogP contribution < -0.4 is 0 Å². The van der Waals surface area contributed by atoms with E-state index in [2.05, 4.69) is 20.8 Å². The van der Waals surface area contributed by atoms with E-state index >= 15 is 0 Å². The summed E-state index contributed by atoms with van der Waals surface area (Å²) < 4.78 is 0. The Labute approximate surface area is 74.9 Å². The minimum absolute atomic E-state index is 0.217. The van der Waals surface area contributed by atoms with Crippen LogP contribution in [0.5, 0.6) is 0 Å². The van der Waals surface area contributed by atoms with Gasteiger partial charge in [-0.3, -0.25) is 4.79 Å². The highest BCUT2D eigenvalue weighted by Crippen LogP contribution is 2.30. The fourth-order valence-electron chi connectivity index (χ4n) is 1.80. The molecule has 0 aromatic heterocycles. The van der Waals surface area contributed by atoms with E-state index in [1.807, 2.05) is 6.08 Å². The number of hydrogen-bond donors (Lipinski definition) is 0. The van der Waals surface area contributed by atoms with Crippen molar-refractivity contribution in [2.75, 3.05) is 0 Å². The Morgan fingerprint density at radius 2 is 2.08 bits per heavy atom. The zero-order valence-corrected chi connectivity index (χ0v) is 8.31. The SMILES string of the molecule is CC1=CC(=O)CC(C)(C)CCC1. The van der Waals surface area contributed by atoms with Crippen molar-refractivity contribution in [3.63, 3.8) is 0 Å². The van der Waals surface area contributed by atoms with Crippen molar-refractivity contribution < 1.29 is 4.79 Å². The van der Waals surface area contributed by atoms with Crippen molar-refractivity contribution in [3.05, 3.63) is 11.6 Å². The monoisotopic (exact) mass is 166 g/mol. The van der Waals surface area contributed by atoms with Gasteiger partial charge < -0.3 is 0 Å². The first-order chi connectivity index (χ1) is 5.49. The molecule has 0 aliphatic heterocycles. The van der Waals surface area contributed by atoms with E-state index in [0.717, 1.165) is 6.42 Å². The van der Waals surface area contributed by atoms with Gasteiger partial charge in [0.25, 0.3) is 0 Å². The van der Waals surface area contributed by atoms with Gasteiger partial charge in [-0.1, -0.05) is 19.4 Å². The molecule has 0 unspecified atom stereocenters. The molecule has 0 aromatic carbocycles. The molecule has 0 amide bonds. The molecule has 0 radical (unpaired) electrons. The van der Waals surface area contributed by atoms with Gasteiger partial charge in [0.1, 0.15) is 0 Å². The summed E-state index contributed by atoms with van der Waals surface area (Å²) in [4.78, 5) is 11.4. The molecule has 0 heterocycles. The van der Waals surface area contributed by atoms with Crippen molar-refractivity contribution in [1.82, 2.24) is 0 Å². The Balaban J connectivity index is 2.72. The maximum Gasteiger partial charge on any atom is 0.156 e. The smallest absolute Gasteiger partial charge is 0.156 e. The molecule has 68 valence electrons. The Morgan fingerprint density at radius 1 is 1.42 bits per heavy atom. The van der Waals surface area contributed by atoms with Gasteiger partial charge >= 0.3 is 0 Å². The molecular formula is C11H18O. The van der Waals surface area contributed by atoms with E-state index in [0.29, 0.717) is 12.2 Å². The number of allylic oxidation sites excluding steroid dienone is 2. The van der Waals surface area contributed by atoms with Crippen molar-refractivity contribution in [2.45, 2.75) is 46.5 Å². The highest BCUT2D eigenvalue weighted by Gasteiger charge is 2.22. The van der Waals surface area contributed by atoms with Crippen LogP contribution in [0.2, 0.25) is 0 Å². The van der Waals surface area contributed by atoms with E-state index < -0.39 is 0 Å². The third-order valence-electron chi connectivity index (χ3n) is 2.48. The first-order valence-electron chi connectivity index (χ1n) is 4.70. The number of carbonyl (C=O) groups excluding carboxylic acids is 1. The lowest BCUT2D eigenvalue weighted by Crippen LogP contribution is -2.17. The Bertz CT molecular complexity index is 211. The second kappa shape index (κ2) is 3.42. The van der Waals surface area contributed by atoms with Crippen molar-refractivity contribution >= 4 is 5.78 Å². The first kappa shape index (κ1) is 9.50. The molecule has 1 heteroatoms. The molecule has 0 aromatic rings. The fraction of sp³-hybridized carbons (Fsp3) is 0.727. The van der Waals surface area contributed by atoms with Gasteiger partial charge in [0, 0.05) is 6.42 Å². The van der Waals surface area contributed by atoms with Gasteiger partial charge in [0.15, 0.2) is 5.78 Å². The Hall–Kier alpha value is -0.590. The second-order valence-corrected chi connectivity index (χ2v) is 4.65. The zero-order chi connectivity index (χ0) is 9.19.